The van der Waals surface area contributed by atoms with Crippen LogP contribution >= 0.6 is 12.4 Å². The Morgan fingerprint density at radius 3 is 2.38 bits per heavy atom. The fourth-order valence-corrected chi connectivity index (χ4v) is 3.80. The maximum absolute atomic E-state index is 12.5. The molecule has 1 amide bonds. The van der Waals surface area contributed by atoms with E-state index in [9.17, 15) is 18.0 Å². The van der Waals surface area contributed by atoms with Gasteiger partial charge in [0.15, 0.2) is 0 Å². The smallest absolute Gasteiger partial charge is 0.406 e. The number of aryl methyl sites for hydroxylation is 1. The molecule has 2 atom stereocenters. The molecule has 146 valence electrons. The number of amides is 1. The Labute approximate surface area is 157 Å². The number of benzene rings is 1. The number of ether oxygens (including phenoxy) is 1. The van der Waals surface area contributed by atoms with Gasteiger partial charge in [-0.2, -0.15) is 0 Å². The molecule has 0 aromatic heterocycles. The second-order valence-corrected chi connectivity index (χ2v) is 6.79. The monoisotopic (exact) mass is 392 g/mol. The van der Waals surface area contributed by atoms with Crippen LogP contribution in [0, 0.1) is 11.8 Å². The van der Waals surface area contributed by atoms with Crippen LogP contribution in [0.15, 0.2) is 24.3 Å². The predicted molar refractivity (Wildman–Crippen MR) is 94.4 cm³/mol. The van der Waals surface area contributed by atoms with Gasteiger partial charge in [-0.05, 0) is 55.8 Å². The lowest BCUT2D eigenvalue weighted by Crippen LogP contribution is -2.33. The van der Waals surface area contributed by atoms with Gasteiger partial charge in [0.1, 0.15) is 5.75 Å². The van der Waals surface area contributed by atoms with E-state index in [1.54, 1.807) is 12.1 Å². The minimum atomic E-state index is -4.73. The van der Waals surface area contributed by atoms with Crippen LogP contribution in [0.2, 0.25) is 0 Å². The molecule has 0 radical (unpaired) electrons. The maximum atomic E-state index is 12.5. The van der Waals surface area contributed by atoms with Crippen molar-refractivity contribution in [2.24, 2.45) is 11.8 Å². The molecule has 2 heterocycles. The van der Waals surface area contributed by atoms with Crippen molar-refractivity contribution in [1.29, 1.82) is 0 Å². The first kappa shape index (κ1) is 20.8. The highest BCUT2D eigenvalue weighted by molar-refractivity contribution is 5.85. The van der Waals surface area contributed by atoms with Crippen molar-refractivity contribution >= 4 is 18.3 Å². The number of halogens is 4. The summed E-state index contributed by atoms with van der Waals surface area (Å²) < 4.78 is 41.4. The van der Waals surface area contributed by atoms with Gasteiger partial charge in [-0.3, -0.25) is 4.79 Å². The van der Waals surface area contributed by atoms with Crippen LogP contribution in [0.25, 0.3) is 0 Å². The van der Waals surface area contributed by atoms with Gasteiger partial charge >= 0.3 is 6.36 Å². The van der Waals surface area contributed by atoms with Gasteiger partial charge in [-0.25, -0.2) is 0 Å². The molecule has 3 rings (SSSR count). The Hall–Kier alpha value is -1.47. The zero-order chi connectivity index (χ0) is 17.9. The number of carbonyl (C=O) groups is 1. The van der Waals surface area contributed by atoms with E-state index < -0.39 is 6.36 Å². The van der Waals surface area contributed by atoms with Crippen molar-refractivity contribution in [2.45, 2.75) is 32.0 Å². The van der Waals surface area contributed by atoms with Gasteiger partial charge in [-0.1, -0.05) is 18.2 Å². The first-order valence-electron chi connectivity index (χ1n) is 8.74. The van der Waals surface area contributed by atoms with E-state index in [4.69, 9.17) is 0 Å². The molecule has 0 spiro atoms. The molecule has 1 aromatic carbocycles. The second kappa shape index (κ2) is 8.95. The molecule has 0 unspecified atom stereocenters. The van der Waals surface area contributed by atoms with E-state index >= 15 is 0 Å². The minimum Gasteiger partial charge on any atom is -0.406 e. The summed E-state index contributed by atoms with van der Waals surface area (Å²) in [4.78, 5) is 14.4. The molecule has 0 bridgehead atoms. The highest BCUT2D eigenvalue weighted by Crippen LogP contribution is 2.29. The molecular formula is C18H24ClF3N2O2. The molecule has 8 heteroatoms. The predicted octanol–water partition coefficient (Wildman–Crippen LogP) is 3.40. The van der Waals surface area contributed by atoms with Crippen LogP contribution in [0.1, 0.15) is 24.8 Å². The molecule has 2 aliphatic rings. The second-order valence-electron chi connectivity index (χ2n) is 6.79. The summed E-state index contributed by atoms with van der Waals surface area (Å²) in [6, 6.07) is 6.01. The van der Waals surface area contributed by atoms with Gasteiger partial charge in [0.25, 0.3) is 0 Å². The number of para-hydroxylation sites is 1. The van der Waals surface area contributed by atoms with Crippen molar-refractivity contribution in [2.75, 3.05) is 26.2 Å². The van der Waals surface area contributed by atoms with Gasteiger partial charge in [-0.15, -0.1) is 25.6 Å². The molecule has 26 heavy (non-hydrogen) atoms. The molecular weight excluding hydrogens is 369 g/mol. The average molecular weight is 393 g/mol. The van der Waals surface area contributed by atoms with E-state index in [0.717, 1.165) is 39.0 Å². The third-order valence-electron chi connectivity index (χ3n) is 5.18. The Morgan fingerprint density at radius 2 is 1.77 bits per heavy atom. The van der Waals surface area contributed by atoms with E-state index in [1.165, 1.54) is 12.1 Å². The summed E-state index contributed by atoms with van der Waals surface area (Å²) >= 11 is 0. The van der Waals surface area contributed by atoms with Crippen molar-refractivity contribution in [3.8, 4) is 5.75 Å². The number of nitrogens with zero attached hydrogens (tertiary/aromatic N) is 1. The molecule has 1 aromatic rings. The first-order chi connectivity index (χ1) is 11.9. The number of likely N-dealkylation sites (tertiary alicyclic amines) is 1. The van der Waals surface area contributed by atoms with E-state index in [2.05, 4.69) is 10.1 Å². The van der Waals surface area contributed by atoms with E-state index in [1.807, 2.05) is 4.90 Å². The summed E-state index contributed by atoms with van der Waals surface area (Å²) in [5.41, 5.74) is 0.407. The lowest BCUT2D eigenvalue weighted by Gasteiger charge is -2.21. The number of rotatable bonds is 4. The van der Waals surface area contributed by atoms with Crippen molar-refractivity contribution < 1.29 is 22.7 Å². The SMILES string of the molecule is Cl.O=C(CCc1ccccc1OC(F)(F)F)N1CC[C@@H]2CNC[C@@H]2CC1. The number of hydrogen-bond acceptors (Lipinski definition) is 3. The highest BCUT2D eigenvalue weighted by atomic mass is 35.5. The van der Waals surface area contributed by atoms with E-state index in [-0.39, 0.29) is 36.9 Å². The third-order valence-corrected chi connectivity index (χ3v) is 5.18. The zero-order valence-corrected chi connectivity index (χ0v) is 15.2. The van der Waals surface area contributed by atoms with Gasteiger partial charge in [0.05, 0.1) is 0 Å². The molecule has 0 saturated carbocycles. The molecule has 2 aliphatic heterocycles. The minimum absolute atomic E-state index is 0. The molecule has 4 nitrogen and oxygen atoms in total. The Morgan fingerprint density at radius 1 is 1.15 bits per heavy atom. The van der Waals surface area contributed by atoms with Crippen molar-refractivity contribution in [1.82, 2.24) is 10.2 Å². The Kier molecular flexibility index (Phi) is 7.17. The topological polar surface area (TPSA) is 41.6 Å². The normalized spacial score (nSPS) is 23.0. The van der Waals surface area contributed by atoms with E-state index in [0.29, 0.717) is 17.4 Å². The fourth-order valence-electron chi connectivity index (χ4n) is 3.80. The highest BCUT2D eigenvalue weighted by Gasteiger charge is 2.33. The number of hydrogen-bond donors (Lipinski definition) is 1. The molecule has 0 aliphatic carbocycles. The fraction of sp³-hybridized carbons (Fsp3) is 0.611. The largest absolute Gasteiger partial charge is 0.573 e. The standard InChI is InChI=1S/C18H23F3N2O2.ClH/c19-18(20,21)25-16-4-2-1-3-13(16)5-6-17(24)23-9-7-14-11-22-12-15(14)8-10-23;/h1-4,14-15,22H,5-12H2;1H/t14-,15+;. The van der Waals surface area contributed by atoms with Gasteiger partial charge in [0, 0.05) is 19.5 Å². The van der Waals surface area contributed by atoms with Crippen LogP contribution in [0.4, 0.5) is 13.2 Å². The molecule has 2 fully saturated rings. The summed E-state index contributed by atoms with van der Waals surface area (Å²) in [6.07, 6.45) is -2.28. The Balaban J connectivity index is 0.00000243. The average Bonchev–Trinajstić information content (AvgIpc) is 2.91. The summed E-state index contributed by atoms with van der Waals surface area (Å²) in [5, 5.41) is 3.40. The molecule has 1 N–H and O–H groups in total. The van der Waals surface area contributed by atoms with Gasteiger partial charge < -0.3 is 15.0 Å². The van der Waals surface area contributed by atoms with Gasteiger partial charge in [0.2, 0.25) is 5.91 Å². The van der Waals surface area contributed by atoms with Crippen molar-refractivity contribution in [3.63, 3.8) is 0 Å². The summed E-state index contributed by atoms with van der Waals surface area (Å²) in [6.45, 7) is 3.52. The number of nitrogens with one attached hydrogen (secondary N) is 1. The van der Waals surface area contributed by atoms with Crippen molar-refractivity contribution in [3.05, 3.63) is 29.8 Å². The van der Waals surface area contributed by atoms with Crippen LogP contribution < -0.4 is 10.1 Å². The Bertz CT molecular complexity index is 598. The quantitative estimate of drug-likeness (QED) is 0.854. The lowest BCUT2D eigenvalue weighted by atomic mass is 9.92. The first-order valence-corrected chi connectivity index (χ1v) is 8.74. The maximum Gasteiger partial charge on any atom is 0.573 e. The lowest BCUT2D eigenvalue weighted by molar-refractivity contribution is -0.274. The summed E-state index contributed by atoms with van der Waals surface area (Å²) in [7, 11) is 0. The van der Waals surface area contributed by atoms with Crippen LogP contribution in [-0.2, 0) is 11.2 Å². The summed E-state index contributed by atoms with van der Waals surface area (Å²) in [5.74, 6) is 1.06. The van der Waals surface area contributed by atoms with Crippen LogP contribution in [0.5, 0.6) is 5.75 Å². The van der Waals surface area contributed by atoms with Crippen LogP contribution in [-0.4, -0.2) is 43.3 Å². The number of fused-ring (bicyclic) bond motifs is 1. The number of alkyl halides is 3. The zero-order valence-electron chi connectivity index (χ0n) is 14.4. The van der Waals surface area contributed by atoms with Crippen LogP contribution in [0.3, 0.4) is 0 Å². The number of carbonyl (C=O) groups excluding carboxylic acids is 1. The molecule has 2 saturated heterocycles. The third kappa shape index (κ3) is 5.51.